The number of fused-ring (bicyclic) bond motifs is 1. The van der Waals surface area contributed by atoms with E-state index in [-0.39, 0.29) is 11.4 Å². The summed E-state index contributed by atoms with van der Waals surface area (Å²) in [5.74, 6) is 0.252. The minimum absolute atomic E-state index is 0.230. The maximum Gasteiger partial charge on any atom is 0.316 e. The summed E-state index contributed by atoms with van der Waals surface area (Å²) in [6, 6.07) is 5.76. The molecular weight excluding hydrogens is 447 g/mol. The number of benzene rings is 1. The molecule has 2 aromatic rings. The van der Waals surface area contributed by atoms with Crippen molar-refractivity contribution in [1.82, 2.24) is 9.78 Å². The third-order valence-corrected chi connectivity index (χ3v) is 9.74. The number of anilines is 1. The largest absolute Gasteiger partial charge is 0.479 e. The lowest BCUT2D eigenvalue weighted by molar-refractivity contribution is -0.768. The summed E-state index contributed by atoms with van der Waals surface area (Å²) in [5.41, 5.74) is 0.212. The Morgan fingerprint density at radius 1 is 1.27 bits per heavy atom. The van der Waals surface area contributed by atoms with E-state index < -0.39 is 26.6 Å². The quantitative estimate of drug-likeness (QED) is 0.672. The SMILES string of the molecule is CC(C)S(=O)(=O)[NH+]1CCN(c2cnn(-c3cccc(F)c3)c(=O)c2OC23CCCC2C3)CC1. The van der Waals surface area contributed by atoms with Crippen LogP contribution >= 0.6 is 0 Å². The van der Waals surface area contributed by atoms with Crippen LogP contribution in [0.3, 0.4) is 0 Å². The number of sulfonamides is 1. The highest BCUT2D eigenvalue weighted by Crippen LogP contribution is 2.58. The van der Waals surface area contributed by atoms with Crippen molar-refractivity contribution in [2.75, 3.05) is 31.1 Å². The standard InChI is InChI=1S/C23H29FN4O4S/c1-16(2)33(30,31)27-11-9-26(10-12-27)20-15-25-28(19-7-3-6-18(24)13-19)22(29)21(20)32-23-8-4-5-17(23)14-23/h3,6-7,13,15-17H,4-5,8-12,14H2,1-2H3/p+1. The number of nitrogens with zero attached hydrogens (tertiary/aromatic N) is 3. The molecule has 1 N–H and O–H groups in total. The second kappa shape index (κ2) is 8.09. The molecule has 2 heterocycles. The van der Waals surface area contributed by atoms with Crippen LogP contribution in [0.4, 0.5) is 10.1 Å². The van der Waals surface area contributed by atoms with Gasteiger partial charge < -0.3 is 9.64 Å². The number of ether oxygens (including phenoxy) is 1. The molecule has 1 aromatic carbocycles. The Morgan fingerprint density at radius 2 is 2.03 bits per heavy atom. The van der Waals surface area contributed by atoms with E-state index in [1.54, 1.807) is 26.1 Å². The number of quaternary nitrogens is 1. The number of rotatable bonds is 6. The average Bonchev–Trinajstić information content (AvgIpc) is 3.33. The monoisotopic (exact) mass is 477 g/mol. The van der Waals surface area contributed by atoms with Gasteiger partial charge in [-0.15, -0.1) is 0 Å². The van der Waals surface area contributed by atoms with Crippen molar-refractivity contribution in [3.63, 3.8) is 0 Å². The highest BCUT2D eigenvalue weighted by atomic mass is 32.2. The predicted octanol–water partition coefficient (Wildman–Crippen LogP) is 1.14. The minimum Gasteiger partial charge on any atom is -0.479 e. The van der Waals surface area contributed by atoms with Crippen LogP contribution in [0.2, 0.25) is 0 Å². The van der Waals surface area contributed by atoms with Crippen molar-refractivity contribution in [1.29, 1.82) is 0 Å². The van der Waals surface area contributed by atoms with Gasteiger partial charge >= 0.3 is 5.56 Å². The molecule has 3 aliphatic rings. The average molecular weight is 478 g/mol. The van der Waals surface area contributed by atoms with E-state index in [2.05, 4.69) is 5.10 Å². The summed E-state index contributed by atoms with van der Waals surface area (Å²) in [6.07, 6.45) is 5.64. The number of halogens is 1. The second-order valence-electron chi connectivity index (χ2n) is 9.64. The number of aromatic nitrogens is 2. The first-order valence-electron chi connectivity index (χ1n) is 11.6. The van der Waals surface area contributed by atoms with Gasteiger partial charge in [0.1, 0.15) is 35.4 Å². The van der Waals surface area contributed by atoms with Gasteiger partial charge in [-0.1, -0.05) is 6.07 Å². The molecule has 0 spiro atoms. The van der Waals surface area contributed by atoms with Crippen LogP contribution in [0.25, 0.3) is 5.69 Å². The van der Waals surface area contributed by atoms with Crippen molar-refractivity contribution in [2.45, 2.75) is 50.4 Å². The van der Waals surface area contributed by atoms with Crippen LogP contribution in [0.1, 0.15) is 39.5 Å². The van der Waals surface area contributed by atoms with E-state index in [9.17, 15) is 17.6 Å². The number of hydrogen-bond acceptors (Lipinski definition) is 6. The fourth-order valence-electron chi connectivity index (χ4n) is 5.21. The Morgan fingerprint density at radius 3 is 2.64 bits per heavy atom. The molecule has 3 fully saturated rings. The number of piperazine rings is 1. The summed E-state index contributed by atoms with van der Waals surface area (Å²) < 4.78 is 47.1. The lowest BCUT2D eigenvalue weighted by Crippen LogP contribution is -3.17. The lowest BCUT2D eigenvalue weighted by atomic mass is 10.2. The predicted molar refractivity (Wildman–Crippen MR) is 122 cm³/mol. The molecule has 5 rings (SSSR count). The molecule has 0 radical (unpaired) electrons. The second-order valence-corrected chi connectivity index (χ2v) is 12.2. The molecule has 2 aliphatic carbocycles. The van der Waals surface area contributed by atoms with Gasteiger partial charge in [0.2, 0.25) is 5.75 Å². The van der Waals surface area contributed by atoms with Gasteiger partial charge in [0.25, 0.3) is 10.0 Å². The van der Waals surface area contributed by atoms with Crippen LogP contribution in [-0.2, 0) is 10.0 Å². The molecular formula is C23H30FN4O4S+. The summed E-state index contributed by atoms with van der Waals surface area (Å²) in [6.45, 7) is 5.17. The van der Waals surface area contributed by atoms with Crippen LogP contribution in [-0.4, -0.2) is 55.2 Å². The zero-order chi connectivity index (χ0) is 23.4. The first-order valence-corrected chi connectivity index (χ1v) is 13.2. The molecule has 2 atom stereocenters. The van der Waals surface area contributed by atoms with Gasteiger partial charge in [0.15, 0.2) is 0 Å². The maximum atomic E-state index is 13.8. The van der Waals surface area contributed by atoms with Gasteiger partial charge in [-0.25, -0.2) is 8.70 Å². The van der Waals surface area contributed by atoms with E-state index >= 15 is 0 Å². The molecule has 10 heteroatoms. The minimum atomic E-state index is -3.25. The molecule has 1 aliphatic heterocycles. The van der Waals surface area contributed by atoms with Gasteiger partial charge in [-0.3, -0.25) is 4.79 Å². The van der Waals surface area contributed by atoms with Crippen molar-refractivity contribution < 1.29 is 21.9 Å². The zero-order valence-corrected chi connectivity index (χ0v) is 19.8. The third-order valence-electron chi connectivity index (χ3n) is 7.29. The fraction of sp³-hybridized carbons (Fsp3) is 0.565. The molecule has 0 amide bonds. The van der Waals surface area contributed by atoms with Crippen molar-refractivity contribution in [2.24, 2.45) is 5.92 Å². The summed E-state index contributed by atoms with van der Waals surface area (Å²) in [7, 11) is -3.25. The molecule has 2 saturated carbocycles. The Kier molecular flexibility index (Phi) is 5.48. The van der Waals surface area contributed by atoms with E-state index in [1.807, 2.05) is 4.90 Å². The van der Waals surface area contributed by atoms with E-state index in [0.717, 1.165) is 25.7 Å². The molecule has 33 heavy (non-hydrogen) atoms. The van der Waals surface area contributed by atoms with Gasteiger partial charge in [-0.05, 0) is 57.7 Å². The van der Waals surface area contributed by atoms with Gasteiger partial charge in [0, 0.05) is 5.92 Å². The molecule has 178 valence electrons. The Labute approximate surface area is 193 Å². The van der Waals surface area contributed by atoms with Crippen molar-refractivity contribution >= 4 is 15.7 Å². The van der Waals surface area contributed by atoms with Crippen molar-refractivity contribution in [3.05, 3.63) is 46.6 Å². The topological polar surface area (TPSA) is 85.9 Å². The number of nitrogens with one attached hydrogen (secondary N) is 1. The lowest BCUT2D eigenvalue weighted by Gasteiger charge is -2.34. The highest BCUT2D eigenvalue weighted by molar-refractivity contribution is 7.85. The van der Waals surface area contributed by atoms with Crippen molar-refractivity contribution in [3.8, 4) is 11.4 Å². The Balaban J connectivity index is 1.48. The zero-order valence-electron chi connectivity index (χ0n) is 19.0. The molecule has 8 nitrogen and oxygen atoms in total. The summed E-state index contributed by atoms with van der Waals surface area (Å²) >= 11 is 0. The van der Waals surface area contributed by atoms with Gasteiger partial charge in [0.05, 0.1) is 25.0 Å². The molecule has 1 aromatic heterocycles. The molecule has 2 unspecified atom stereocenters. The first-order chi connectivity index (χ1) is 15.7. The third kappa shape index (κ3) is 3.93. The molecule has 1 saturated heterocycles. The van der Waals surface area contributed by atoms with Crippen LogP contribution in [0.5, 0.6) is 5.75 Å². The van der Waals surface area contributed by atoms with Crippen LogP contribution in [0.15, 0.2) is 35.3 Å². The van der Waals surface area contributed by atoms with E-state index in [4.69, 9.17) is 4.74 Å². The smallest absolute Gasteiger partial charge is 0.316 e. The number of hydrogen-bond donors (Lipinski definition) is 1. The first kappa shape index (κ1) is 22.3. The molecule has 0 bridgehead atoms. The van der Waals surface area contributed by atoms with E-state index in [0.29, 0.717) is 47.8 Å². The normalized spacial score (nSPS) is 25.3. The summed E-state index contributed by atoms with van der Waals surface area (Å²) in [4.78, 5) is 15.5. The fourth-order valence-corrected chi connectivity index (χ4v) is 6.63. The maximum absolute atomic E-state index is 13.8. The van der Waals surface area contributed by atoms with Crippen LogP contribution < -0.4 is 19.5 Å². The Hall–Kier alpha value is -2.46. The Bertz CT molecular complexity index is 1220. The van der Waals surface area contributed by atoms with Crippen LogP contribution in [0, 0.1) is 11.7 Å². The summed E-state index contributed by atoms with van der Waals surface area (Å²) in [5, 5.41) is 3.88. The van der Waals surface area contributed by atoms with E-state index in [1.165, 1.54) is 22.9 Å². The highest BCUT2D eigenvalue weighted by Gasteiger charge is 2.60. The van der Waals surface area contributed by atoms with Gasteiger partial charge in [-0.2, -0.15) is 18.2 Å².